The third-order valence-electron chi connectivity index (χ3n) is 4.74. The van der Waals surface area contributed by atoms with Crippen molar-refractivity contribution >= 4 is 11.8 Å². The van der Waals surface area contributed by atoms with Crippen LogP contribution in [0.4, 0.5) is 0 Å². The topological polar surface area (TPSA) is 61.8 Å². The number of rotatable bonds is 9. The lowest BCUT2D eigenvalue weighted by Gasteiger charge is -2.09. The first kappa shape index (κ1) is 21.1. The van der Waals surface area contributed by atoms with Crippen molar-refractivity contribution in [3.63, 3.8) is 0 Å². The van der Waals surface area contributed by atoms with Crippen molar-refractivity contribution in [3.05, 3.63) is 83.9 Å². The largest absolute Gasteiger partial charge is 0.493 e. The van der Waals surface area contributed by atoms with Crippen molar-refractivity contribution < 1.29 is 23.8 Å². The normalized spacial score (nSPS) is 10.3. The van der Waals surface area contributed by atoms with Crippen LogP contribution in [0.5, 0.6) is 11.5 Å². The Bertz CT molecular complexity index is 994. The summed E-state index contributed by atoms with van der Waals surface area (Å²) in [5.41, 5.74) is 3.55. The molecule has 0 aromatic heterocycles. The maximum Gasteiger partial charge on any atom is 0.306 e. The molecule has 5 heteroatoms. The molecular formula is C25H24O5. The number of benzene rings is 3. The highest BCUT2D eigenvalue weighted by Crippen LogP contribution is 2.28. The van der Waals surface area contributed by atoms with Gasteiger partial charge in [0.25, 0.3) is 0 Å². The fourth-order valence-corrected chi connectivity index (χ4v) is 3.06. The molecule has 3 aromatic carbocycles. The van der Waals surface area contributed by atoms with E-state index in [1.807, 2.05) is 54.6 Å². The Labute approximate surface area is 176 Å². The van der Waals surface area contributed by atoms with Crippen molar-refractivity contribution in [1.29, 1.82) is 0 Å². The van der Waals surface area contributed by atoms with E-state index in [0.29, 0.717) is 23.5 Å². The molecule has 3 aromatic rings. The van der Waals surface area contributed by atoms with Gasteiger partial charge in [0, 0.05) is 12.0 Å². The predicted octanol–water partition coefficient (Wildman–Crippen LogP) is 4.73. The minimum absolute atomic E-state index is 0.176. The van der Waals surface area contributed by atoms with Crippen LogP contribution in [0.1, 0.15) is 22.3 Å². The van der Waals surface area contributed by atoms with E-state index < -0.39 is 5.97 Å². The molecule has 0 aliphatic rings. The number of esters is 1. The number of Topliss-reactive ketones (excluding diaryl/α,β-unsaturated/α-hetero) is 1. The van der Waals surface area contributed by atoms with E-state index in [-0.39, 0.29) is 18.8 Å². The van der Waals surface area contributed by atoms with Crippen molar-refractivity contribution in [2.24, 2.45) is 0 Å². The molecule has 0 N–H and O–H groups in total. The van der Waals surface area contributed by atoms with Crippen molar-refractivity contribution in [3.8, 4) is 22.6 Å². The summed E-state index contributed by atoms with van der Waals surface area (Å²) in [5.74, 6) is 0.596. The van der Waals surface area contributed by atoms with Gasteiger partial charge in [-0.2, -0.15) is 0 Å². The van der Waals surface area contributed by atoms with E-state index >= 15 is 0 Å². The summed E-state index contributed by atoms with van der Waals surface area (Å²) in [7, 11) is 3.13. The average molecular weight is 404 g/mol. The Morgan fingerprint density at radius 2 is 1.43 bits per heavy atom. The lowest BCUT2D eigenvalue weighted by Crippen LogP contribution is -2.14. The highest BCUT2D eigenvalue weighted by molar-refractivity contribution is 5.98. The van der Waals surface area contributed by atoms with E-state index in [1.54, 1.807) is 32.4 Å². The Hall–Kier alpha value is -3.60. The van der Waals surface area contributed by atoms with Gasteiger partial charge < -0.3 is 14.2 Å². The molecule has 0 heterocycles. The highest BCUT2D eigenvalue weighted by Gasteiger charge is 2.12. The first-order valence-corrected chi connectivity index (χ1v) is 9.66. The van der Waals surface area contributed by atoms with Crippen LogP contribution in [0.25, 0.3) is 11.1 Å². The van der Waals surface area contributed by atoms with Crippen LogP contribution in [0.3, 0.4) is 0 Å². The molecule has 30 heavy (non-hydrogen) atoms. The van der Waals surface area contributed by atoms with Gasteiger partial charge in [-0.15, -0.1) is 0 Å². The number of carbonyl (C=O) groups is 2. The zero-order valence-corrected chi connectivity index (χ0v) is 17.1. The second kappa shape index (κ2) is 10.3. The quantitative estimate of drug-likeness (QED) is 0.381. The van der Waals surface area contributed by atoms with Crippen LogP contribution >= 0.6 is 0 Å². The van der Waals surface area contributed by atoms with Crippen LogP contribution in [0.2, 0.25) is 0 Å². The molecule has 3 rings (SSSR count). The van der Waals surface area contributed by atoms with Crippen LogP contribution < -0.4 is 9.47 Å². The van der Waals surface area contributed by atoms with E-state index in [9.17, 15) is 9.59 Å². The zero-order chi connectivity index (χ0) is 21.3. The van der Waals surface area contributed by atoms with Crippen LogP contribution in [0.15, 0.2) is 72.8 Å². The van der Waals surface area contributed by atoms with Crippen LogP contribution in [-0.4, -0.2) is 32.6 Å². The smallest absolute Gasteiger partial charge is 0.306 e. The molecule has 0 radical (unpaired) electrons. The monoisotopic (exact) mass is 404 g/mol. The SMILES string of the molecule is COc1ccc(CCC(=O)OCC(=O)c2ccc(-c3ccccc3)cc2)cc1OC. The molecular weight excluding hydrogens is 380 g/mol. The number of ketones is 1. The van der Waals surface area contributed by atoms with Gasteiger partial charge in [0.1, 0.15) is 0 Å². The number of aryl methyl sites for hydroxylation is 1. The molecule has 0 atom stereocenters. The van der Waals surface area contributed by atoms with Crippen molar-refractivity contribution in [1.82, 2.24) is 0 Å². The minimum atomic E-state index is -0.418. The number of methoxy groups -OCH3 is 2. The molecule has 0 saturated carbocycles. The van der Waals surface area contributed by atoms with Crippen LogP contribution in [0, 0.1) is 0 Å². The highest BCUT2D eigenvalue weighted by atomic mass is 16.5. The number of hydrogen-bond donors (Lipinski definition) is 0. The molecule has 0 aliphatic heterocycles. The van der Waals surface area contributed by atoms with Gasteiger partial charge in [0.05, 0.1) is 14.2 Å². The van der Waals surface area contributed by atoms with Crippen molar-refractivity contribution in [2.75, 3.05) is 20.8 Å². The fourth-order valence-electron chi connectivity index (χ4n) is 3.06. The summed E-state index contributed by atoms with van der Waals surface area (Å²) in [5, 5.41) is 0. The van der Waals surface area contributed by atoms with Gasteiger partial charge in [-0.05, 0) is 35.2 Å². The molecule has 0 bridgehead atoms. The lowest BCUT2D eigenvalue weighted by molar-refractivity contribution is -0.142. The third-order valence-corrected chi connectivity index (χ3v) is 4.74. The van der Waals surface area contributed by atoms with Crippen LogP contribution in [-0.2, 0) is 16.0 Å². The molecule has 0 saturated heterocycles. The van der Waals surface area contributed by atoms with Gasteiger partial charge in [-0.1, -0.05) is 60.7 Å². The van der Waals surface area contributed by atoms with Gasteiger partial charge in [0.15, 0.2) is 23.9 Å². The standard InChI is InChI=1S/C25H24O5/c1-28-23-14-8-18(16-24(23)29-2)9-15-25(27)30-17-22(26)21-12-10-20(11-13-21)19-6-4-3-5-7-19/h3-8,10-14,16H,9,15,17H2,1-2H3. The Balaban J connectivity index is 1.49. The first-order chi connectivity index (χ1) is 14.6. The Morgan fingerprint density at radius 1 is 0.767 bits per heavy atom. The van der Waals surface area contributed by atoms with E-state index in [4.69, 9.17) is 14.2 Å². The molecule has 5 nitrogen and oxygen atoms in total. The fraction of sp³-hybridized carbons (Fsp3) is 0.200. The lowest BCUT2D eigenvalue weighted by atomic mass is 10.0. The molecule has 0 aliphatic carbocycles. The maximum atomic E-state index is 12.3. The molecule has 0 spiro atoms. The Kier molecular flexibility index (Phi) is 7.22. The number of hydrogen-bond acceptors (Lipinski definition) is 5. The van der Waals surface area contributed by atoms with Gasteiger partial charge in [-0.3, -0.25) is 9.59 Å². The van der Waals surface area contributed by atoms with Gasteiger partial charge in [-0.25, -0.2) is 0 Å². The molecule has 154 valence electrons. The number of carbonyl (C=O) groups excluding carboxylic acids is 2. The summed E-state index contributed by atoms with van der Waals surface area (Å²) in [4.78, 5) is 24.4. The second-order valence-corrected chi connectivity index (χ2v) is 6.72. The zero-order valence-electron chi connectivity index (χ0n) is 17.1. The summed E-state index contributed by atoms with van der Waals surface area (Å²) in [6, 6.07) is 22.7. The van der Waals surface area contributed by atoms with E-state index in [1.165, 1.54) is 0 Å². The number of ether oxygens (including phenoxy) is 3. The van der Waals surface area contributed by atoms with E-state index in [2.05, 4.69) is 0 Å². The summed E-state index contributed by atoms with van der Waals surface area (Å²) in [6.45, 7) is -0.268. The minimum Gasteiger partial charge on any atom is -0.493 e. The summed E-state index contributed by atoms with van der Waals surface area (Å²) in [6.07, 6.45) is 0.662. The van der Waals surface area contributed by atoms with E-state index in [0.717, 1.165) is 16.7 Å². The van der Waals surface area contributed by atoms with Crippen molar-refractivity contribution in [2.45, 2.75) is 12.8 Å². The second-order valence-electron chi connectivity index (χ2n) is 6.72. The van der Waals surface area contributed by atoms with Gasteiger partial charge in [0.2, 0.25) is 0 Å². The maximum absolute atomic E-state index is 12.3. The summed E-state index contributed by atoms with van der Waals surface area (Å²) < 4.78 is 15.6. The summed E-state index contributed by atoms with van der Waals surface area (Å²) >= 11 is 0. The molecule has 0 fully saturated rings. The Morgan fingerprint density at radius 3 is 2.10 bits per heavy atom. The predicted molar refractivity (Wildman–Crippen MR) is 115 cm³/mol. The van der Waals surface area contributed by atoms with Gasteiger partial charge >= 0.3 is 5.97 Å². The third kappa shape index (κ3) is 5.47. The molecule has 0 amide bonds. The average Bonchev–Trinajstić information content (AvgIpc) is 2.81. The molecule has 0 unspecified atom stereocenters. The first-order valence-electron chi connectivity index (χ1n) is 9.66.